The normalized spacial score (nSPS) is 13.1. The van der Waals surface area contributed by atoms with Gasteiger partial charge < -0.3 is 4.90 Å². The van der Waals surface area contributed by atoms with Crippen molar-refractivity contribution >= 4 is 70.1 Å². The van der Waals surface area contributed by atoms with Crippen molar-refractivity contribution in [2.24, 2.45) is 0 Å². The molecule has 0 atom stereocenters. The maximum atomic E-state index is 2.42. The molecule has 260 valence electrons. The Kier molecular flexibility index (Phi) is 7.14. The molecule has 55 heavy (non-hydrogen) atoms. The molecule has 0 amide bonds. The SMILES string of the molecule is CC1(C)c2ccccc2-c2cc(N(c3ccc(-c4ccc5cc6c(cc5c4)sc4ccccc46)cc3)c3cccc(-c4cccc5ccccc45)c3)ccc21. The monoisotopic (exact) mass is 719 g/mol. The number of rotatable bonds is 5. The molecule has 0 saturated carbocycles. The third-order valence-electron chi connectivity index (χ3n) is 11.8. The number of anilines is 3. The zero-order chi connectivity index (χ0) is 36.7. The van der Waals surface area contributed by atoms with Gasteiger partial charge in [0.05, 0.1) is 0 Å². The van der Waals surface area contributed by atoms with Gasteiger partial charge in [0.1, 0.15) is 0 Å². The van der Waals surface area contributed by atoms with Crippen LogP contribution in [0.3, 0.4) is 0 Å². The van der Waals surface area contributed by atoms with Crippen molar-refractivity contribution in [3.63, 3.8) is 0 Å². The summed E-state index contributed by atoms with van der Waals surface area (Å²) >= 11 is 1.88. The standard InChI is InChI=1S/C53H37NS/c1-53(2)49-19-7-5-16-45(49)47-33-42(27-28-50(47)53)54(41-14-9-13-38(30-41)44-18-10-12-35-11-3-4-15-43(35)44)40-25-23-34(24-26-40)36-21-22-37-31-48-46-17-6-8-20-51(46)55-52(48)32-39(37)29-36/h3-33H,1-2H3. The Morgan fingerprint density at radius 3 is 1.96 bits per heavy atom. The van der Waals surface area contributed by atoms with E-state index >= 15 is 0 Å². The van der Waals surface area contributed by atoms with Crippen molar-refractivity contribution in [2.45, 2.75) is 19.3 Å². The lowest BCUT2D eigenvalue weighted by atomic mass is 9.82. The number of fused-ring (bicyclic) bond motifs is 8. The summed E-state index contributed by atoms with van der Waals surface area (Å²) in [5, 5.41) is 7.74. The zero-order valence-corrected chi connectivity index (χ0v) is 31.6. The van der Waals surface area contributed by atoms with Crippen LogP contribution in [0.1, 0.15) is 25.0 Å². The van der Waals surface area contributed by atoms with Gasteiger partial charge in [0.15, 0.2) is 0 Å². The number of hydrogen-bond donors (Lipinski definition) is 0. The van der Waals surface area contributed by atoms with E-state index in [4.69, 9.17) is 0 Å². The average molecular weight is 720 g/mol. The van der Waals surface area contributed by atoms with Crippen LogP contribution in [0.5, 0.6) is 0 Å². The van der Waals surface area contributed by atoms with E-state index in [9.17, 15) is 0 Å². The number of benzene rings is 9. The molecule has 0 aliphatic heterocycles. The summed E-state index contributed by atoms with van der Waals surface area (Å²) in [5.41, 5.74) is 13.6. The minimum Gasteiger partial charge on any atom is -0.310 e. The number of hydrogen-bond acceptors (Lipinski definition) is 2. The highest BCUT2D eigenvalue weighted by Crippen LogP contribution is 2.51. The first-order chi connectivity index (χ1) is 27.0. The van der Waals surface area contributed by atoms with Crippen LogP contribution in [0.15, 0.2) is 188 Å². The van der Waals surface area contributed by atoms with Crippen LogP contribution in [-0.2, 0) is 5.41 Å². The first kappa shape index (κ1) is 32.0. The molecule has 1 aromatic heterocycles. The van der Waals surface area contributed by atoms with Crippen molar-refractivity contribution < 1.29 is 0 Å². The van der Waals surface area contributed by atoms with E-state index in [0.29, 0.717) is 0 Å². The molecule has 11 rings (SSSR count). The van der Waals surface area contributed by atoms with E-state index in [0.717, 1.165) is 17.1 Å². The van der Waals surface area contributed by atoms with Gasteiger partial charge in [-0.1, -0.05) is 141 Å². The molecule has 9 aromatic carbocycles. The van der Waals surface area contributed by atoms with Crippen molar-refractivity contribution in [2.75, 3.05) is 4.90 Å². The molecule has 0 saturated heterocycles. The highest BCUT2D eigenvalue weighted by Gasteiger charge is 2.35. The molecule has 0 N–H and O–H groups in total. The fourth-order valence-electron chi connectivity index (χ4n) is 9.03. The molecule has 0 unspecified atom stereocenters. The molecule has 1 aliphatic carbocycles. The molecule has 2 heteroatoms. The van der Waals surface area contributed by atoms with Gasteiger partial charge in [-0.05, 0) is 127 Å². The summed E-state index contributed by atoms with van der Waals surface area (Å²) in [4.78, 5) is 2.42. The van der Waals surface area contributed by atoms with Gasteiger partial charge in [-0.3, -0.25) is 0 Å². The molecule has 10 aromatic rings. The van der Waals surface area contributed by atoms with Gasteiger partial charge in [0.25, 0.3) is 0 Å². The highest BCUT2D eigenvalue weighted by molar-refractivity contribution is 7.25. The summed E-state index contributed by atoms with van der Waals surface area (Å²) in [6.45, 7) is 4.69. The highest BCUT2D eigenvalue weighted by atomic mass is 32.1. The molecular weight excluding hydrogens is 683 g/mol. The van der Waals surface area contributed by atoms with E-state index in [1.165, 1.54) is 86.2 Å². The second-order valence-corrected chi connectivity index (χ2v) is 16.5. The van der Waals surface area contributed by atoms with Crippen LogP contribution in [-0.4, -0.2) is 0 Å². The Balaban J connectivity index is 1.03. The van der Waals surface area contributed by atoms with Crippen molar-refractivity contribution in [3.8, 4) is 33.4 Å². The fourth-order valence-corrected chi connectivity index (χ4v) is 10.2. The predicted molar refractivity (Wildman–Crippen MR) is 237 cm³/mol. The third kappa shape index (κ3) is 5.13. The zero-order valence-electron chi connectivity index (χ0n) is 30.8. The van der Waals surface area contributed by atoms with E-state index < -0.39 is 0 Å². The molecule has 0 fully saturated rings. The summed E-state index contributed by atoms with van der Waals surface area (Å²) in [6, 6.07) is 69.7. The molecule has 1 heterocycles. The van der Waals surface area contributed by atoms with E-state index in [1.54, 1.807) is 0 Å². The Labute approximate surface area is 325 Å². The van der Waals surface area contributed by atoms with Crippen molar-refractivity contribution in [1.82, 2.24) is 0 Å². The topological polar surface area (TPSA) is 3.24 Å². The maximum Gasteiger partial charge on any atom is 0.0468 e. The van der Waals surface area contributed by atoms with Gasteiger partial charge in [-0.2, -0.15) is 0 Å². The second-order valence-electron chi connectivity index (χ2n) is 15.4. The Hall–Kier alpha value is -6.48. The van der Waals surface area contributed by atoms with Crippen LogP contribution in [0, 0.1) is 0 Å². The van der Waals surface area contributed by atoms with Crippen LogP contribution < -0.4 is 4.90 Å². The Morgan fingerprint density at radius 1 is 0.364 bits per heavy atom. The van der Waals surface area contributed by atoms with Crippen molar-refractivity contribution in [3.05, 3.63) is 199 Å². The minimum atomic E-state index is -0.0478. The van der Waals surface area contributed by atoms with Crippen molar-refractivity contribution in [1.29, 1.82) is 0 Å². The molecule has 1 aliphatic rings. The van der Waals surface area contributed by atoms with E-state index in [1.807, 2.05) is 11.3 Å². The van der Waals surface area contributed by atoms with Gasteiger partial charge >= 0.3 is 0 Å². The van der Waals surface area contributed by atoms with Gasteiger partial charge in [-0.25, -0.2) is 0 Å². The van der Waals surface area contributed by atoms with Crippen LogP contribution in [0.4, 0.5) is 17.1 Å². The van der Waals surface area contributed by atoms with Crippen LogP contribution >= 0.6 is 11.3 Å². The first-order valence-corrected chi connectivity index (χ1v) is 19.9. The van der Waals surface area contributed by atoms with E-state index in [-0.39, 0.29) is 5.41 Å². The van der Waals surface area contributed by atoms with E-state index in [2.05, 4.69) is 207 Å². The smallest absolute Gasteiger partial charge is 0.0468 e. The predicted octanol–water partition coefficient (Wildman–Crippen LogP) is 15.5. The number of nitrogens with zero attached hydrogens (tertiary/aromatic N) is 1. The lowest BCUT2D eigenvalue weighted by Gasteiger charge is -2.28. The summed E-state index contributed by atoms with van der Waals surface area (Å²) in [6.07, 6.45) is 0. The largest absolute Gasteiger partial charge is 0.310 e. The second kappa shape index (κ2) is 12.3. The average Bonchev–Trinajstić information content (AvgIpc) is 3.70. The van der Waals surface area contributed by atoms with Crippen LogP contribution in [0.25, 0.3) is 75.1 Å². The third-order valence-corrected chi connectivity index (χ3v) is 13.0. The summed E-state index contributed by atoms with van der Waals surface area (Å²) < 4.78 is 2.68. The maximum absolute atomic E-state index is 2.42. The van der Waals surface area contributed by atoms with Gasteiger partial charge in [0.2, 0.25) is 0 Å². The Bertz CT molecular complexity index is 3120. The van der Waals surface area contributed by atoms with Crippen LogP contribution in [0.2, 0.25) is 0 Å². The molecular formula is C53H37NS. The quantitative estimate of drug-likeness (QED) is 0.171. The summed E-state index contributed by atoms with van der Waals surface area (Å²) in [5.74, 6) is 0. The molecule has 0 spiro atoms. The first-order valence-electron chi connectivity index (χ1n) is 19.1. The minimum absolute atomic E-state index is 0.0478. The number of thiophene rings is 1. The van der Waals surface area contributed by atoms with Gasteiger partial charge in [-0.15, -0.1) is 11.3 Å². The molecule has 0 bridgehead atoms. The Morgan fingerprint density at radius 2 is 1.05 bits per heavy atom. The molecule has 0 radical (unpaired) electrons. The lowest BCUT2D eigenvalue weighted by Crippen LogP contribution is -2.15. The fraction of sp³-hybridized carbons (Fsp3) is 0.0566. The lowest BCUT2D eigenvalue weighted by molar-refractivity contribution is 0.660. The van der Waals surface area contributed by atoms with Gasteiger partial charge in [0, 0.05) is 42.6 Å². The summed E-state index contributed by atoms with van der Waals surface area (Å²) in [7, 11) is 0. The molecule has 1 nitrogen and oxygen atoms in total.